The van der Waals surface area contributed by atoms with Crippen LogP contribution in [0.3, 0.4) is 0 Å². The molecule has 1 saturated heterocycles. The summed E-state index contributed by atoms with van der Waals surface area (Å²) >= 11 is 0. The van der Waals surface area contributed by atoms with Crippen molar-refractivity contribution in [2.24, 2.45) is 5.92 Å². The highest BCUT2D eigenvalue weighted by atomic mass is 32.2. The summed E-state index contributed by atoms with van der Waals surface area (Å²) in [4.78, 5) is 12.7. The second-order valence-electron chi connectivity index (χ2n) is 7.39. The van der Waals surface area contributed by atoms with Gasteiger partial charge in [-0.25, -0.2) is 8.42 Å². The Morgan fingerprint density at radius 2 is 1.78 bits per heavy atom. The zero-order chi connectivity index (χ0) is 19.6. The normalized spacial score (nSPS) is 18.3. The maximum atomic E-state index is 12.8. The lowest BCUT2D eigenvalue weighted by Crippen LogP contribution is -2.39. The Balaban J connectivity index is 1.73. The van der Waals surface area contributed by atoms with Crippen molar-refractivity contribution >= 4 is 21.6 Å². The second-order valence-corrected chi connectivity index (χ2v) is 9.33. The van der Waals surface area contributed by atoms with Gasteiger partial charge >= 0.3 is 0 Å². The van der Waals surface area contributed by atoms with Crippen molar-refractivity contribution in [1.82, 2.24) is 4.31 Å². The zero-order valence-electron chi connectivity index (χ0n) is 16.0. The molecule has 3 rings (SSSR count). The van der Waals surface area contributed by atoms with Gasteiger partial charge in [-0.2, -0.15) is 4.31 Å². The molecule has 0 radical (unpaired) electrons. The number of benzene rings is 2. The number of hydrogen-bond acceptors (Lipinski definition) is 3. The van der Waals surface area contributed by atoms with Crippen LogP contribution in [-0.4, -0.2) is 31.7 Å². The number of piperidine rings is 1. The maximum Gasteiger partial charge on any atom is 0.255 e. The molecule has 1 N–H and O–H groups in total. The minimum absolute atomic E-state index is 0.210. The summed E-state index contributed by atoms with van der Waals surface area (Å²) in [5, 5.41) is 2.82. The molecular weight excluding hydrogens is 360 g/mol. The van der Waals surface area contributed by atoms with Gasteiger partial charge in [-0.05, 0) is 80.1 Å². The van der Waals surface area contributed by atoms with Crippen molar-refractivity contribution in [3.63, 3.8) is 0 Å². The molecule has 1 unspecified atom stereocenters. The number of hydrogen-bond donors (Lipinski definition) is 1. The molecule has 0 aromatic heterocycles. The van der Waals surface area contributed by atoms with Crippen molar-refractivity contribution in [2.45, 2.75) is 38.5 Å². The molecule has 1 fully saturated rings. The van der Waals surface area contributed by atoms with Crippen molar-refractivity contribution < 1.29 is 13.2 Å². The van der Waals surface area contributed by atoms with Gasteiger partial charge in [0.15, 0.2) is 0 Å². The second kappa shape index (κ2) is 7.82. The zero-order valence-corrected chi connectivity index (χ0v) is 16.8. The maximum absolute atomic E-state index is 12.8. The number of carbonyl (C=O) groups is 1. The third-order valence-corrected chi connectivity index (χ3v) is 7.02. The molecule has 1 aliphatic rings. The summed E-state index contributed by atoms with van der Waals surface area (Å²) in [6.07, 6.45) is 1.96. The lowest BCUT2D eigenvalue weighted by atomic mass is 10.0. The van der Waals surface area contributed by atoms with Crippen molar-refractivity contribution in [1.29, 1.82) is 0 Å². The number of nitrogens with one attached hydrogen (secondary N) is 1. The Labute approximate surface area is 161 Å². The fourth-order valence-corrected chi connectivity index (χ4v) is 4.91. The molecule has 5 nitrogen and oxygen atoms in total. The molecular formula is C21H26N2O3S. The summed E-state index contributed by atoms with van der Waals surface area (Å²) in [5.74, 6) is 0.170. The number of carbonyl (C=O) groups excluding carboxylic acids is 1. The SMILES string of the molecule is Cc1ccc(C(=O)Nc2ccc(S(=O)(=O)N3CCCC(C)C3)cc2)cc1C. The average Bonchev–Trinajstić information content (AvgIpc) is 2.64. The number of anilines is 1. The molecule has 0 bridgehead atoms. The van der Waals surface area contributed by atoms with Crippen molar-refractivity contribution in [3.05, 3.63) is 59.2 Å². The van der Waals surface area contributed by atoms with Gasteiger partial charge in [0.2, 0.25) is 10.0 Å². The van der Waals surface area contributed by atoms with Crippen LogP contribution in [0.2, 0.25) is 0 Å². The van der Waals surface area contributed by atoms with Crippen LogP contribution in [0.25, 0.3) is 0 Å². The van der Waals surface area contributed by atoms with E-state index in [-0.39, 0.29) is 10.8 Å². The van der Waals surface area contributed by atoms with Crippen LogP contribution in [-0.2, 0) is 10.0 Å². The van der Waals surface area contributed by atoms with Crippen LogP contribution in [0.5, 0.6) is 0 Å². The van der Waals surface area contributed by atoms with Gasteiger partial charge in [0.1, 0.15) is 0 Å². The van der Waals surface area contributed by atoms with E-state index >= 15 is 0 Å². The van der Waals surface area contributed by atoms with Gasteiger partial charge in [0.05, 0.1) is 4.90 Å². The molecule has 2 aromatic carbocycles. The van der Waals surface area contributed by atoms with E-state index in [2.05, 4.69) is 12.2 Å². The summed E-state index contributed by atoms with van der Waals surface area (Å²) in [7, 11) is -3.48. The highest BCUT2D eigenvalue weighted by molar-refractivity contribution is 7.89. The topological polar surface area (TPSA) is 66.5 Å². The van der Waals surface area contributed by atoms with Gasteiger partial charge in [-0.3, -0.25) is 4.79 Å². The smallest absolute Gasteiger partial charge is 0.255 e. The lowest BCUT2D eigenvalue weighted by Gasteiger charge is -2.30. The Kier molecular flexibility index (Phi) is 5.67. The molecule has 0 saturated carbocycles. The Morgan fingerprint density at radius 1 is 1.07 bits per heavy atom. The van der Waals surface area contributed by atoms with E-state index in [0.717, 1.165) is 24.0 Å². The first kappa shape index (κ1) is 19.6. The van der Waals surface area contributed by atoms with E-state index in [4.69, 9.17) is 0 Å². The van der Waals surface area contributed by atoms with E-state index in [9.17, 15) is 13.2 Å². The van der Waals surface area contributed by atoms with Gasteiger partial charge < -0.3 is 5.32 Å². The van der Waals surface area contributed by atoms with Gasteiger partial charge in [-0.1, -0.05) is 13.0 Å². The van der Waals surface area contributed by atoms with E-state index in [1.807, 2.05) is 26.0 Å². The standard InChI is InChI=1S/C21H26N2O3S/c1-15-5-4-12-23(14-15)27(25,26)20-10-8-19(9-11-20)22-21(24)18-7-6-16(2)17(3)13-18/h6-11,13,15H,4-5,12,14H2,1-3H3,(H,22,24). The molecule has 0 spiro atoms. The van der Waals surface area contributed by atoms with Crippen LogP contribution in [0, 0.1) is 19.8 Å². The van der Waals surface area contributed by atoms with Crippen molar-refractivity contribution in [3.8, 4) is 0 Å². The van der Waals surface area contributed by atoms with Gasteiger partial charge in [0, 0.05) is 24.3 Å². The summed E-state index contributed by atoms with van der Waals surface area (Å²) in [6, 6.07) is 11.9. The summed E-state index contributed by atoms with van der Waals surface area (Å²) in [5.41, 5.74) is 3.34. The fourth-order valence-electron chi connectivity index (χ4n) is 3.31. The Bertz CT molecular complexity index is 936. The number of nitrogens with zero attached hydrogens (tertiary/aromatic N) is 1. The number of rotatable bonds is 4. The molecule has 27 heavy (non-hydrogen) atoms. The third kappa shape index (κ3) is 4.39. The average molecular weight is 387 g/mol. The Hall–Kier alpha value is -2.18. The monoisotopic (exact) mass is 386 g/mol. The van der Waals surface area contributed by atoms with Crippen LogP contribution in [0.15, 0.2) is 47.4 Å². The predicted octanol–water partition coefficient (Wildman–Crippen LogP) is 3.98. The van der Waals surface area contributed by atoms with Crippen LogP contribution in [0.1, 0.15) is 41.3 Å². The van der Waals surface area contributed by atoms with Crippen LogP contribution < -0.4 is 5.32 Å². The molecule has 1 amide bonds. The van der Waals surface area contributed by atoms with Crippen LogP contribution in [0.4, 0.5) is 5.69 Å². The molecule has 144 valence electrons. The fraction of sp³-hybridized carbons (Fsp3) is 0.381. The van der Waals surface area contributed by atoms with Gasteiger partial charge in [-0.15, -0.1) is 0 Å². The predicted molar refractivity (Wildman–Crippen MR) is 107 cm³/mol. The summed E-state index contributed by atoms with van der Waals surface area (Å²) < 4.78 is 27.2. The lowest BCUT2D eigenvalue weighted by molar-refractivity contribution is 0.102. The first-order valence-corrected chi connectivity index (χ1v) is 10.7. The van der Waals surface area contributed by atoms with E-state index in [0.29, 0.717) is 30.3 Å². The molecule has 1 heterocycles. The molecule has 2 aromatic rings. The Morgan fingerprint density at radius 3 is 2.41 bits per heavy atom. The number of amides is 1. The first-order chi connectivity index (χ1) is 12.8. The minimum atomic E-state index is -3.48. The molecule has 1 aliphatic heterocycles. The van der Waals surface area contributed by atoms with Crippen LogP contribution >= 0.6 is 0 Å². The van der Waals surface area contributed by atoms with E-state index < -0.39 is 10.0 Å². The number of aryl methyl sites for hydroxylation is 2. The third-order valence-electron chi connectivity index (χ3n) is 5.14. The van der Waals surface area contributed by atoms with E-state index in [1.165, 1.54) is 0 Å². The first-order valence-electron chi connectivity index (χ1n) is 9.26. The largest absolute Gasteiger partial charge is 0.322 e. The molecule has 6 heteroatoms. The highest BCUT2D eigenvalue weighted by Gasteiger charge is 2.28. The quantitative estimate of drug-likeness (QED) is 0.864. The van der Waals surface area contributed by atoms with Crippen molar-refractivity contribution in [2.75, 3.05) is 18.4 Å². The highest BCUT2D eigenvalue weighted by Crippen LogP contribution is 2.24. The summed E-state index contributed by atoms with van der Waals surface area (Å²) in [6.45, 7) is 7.17. The number of sulfonamides is 1. The molecule has 1 atom stereocenters. The van der Waals surface area contributed by atoms with E-state index in [1.54, 1.807) is 34.6 Å². The molecule has 0 aliphatic carbocycles. The minimum Gasteiger partial charge on any atom is -0.322 e. The van der Waals surface area contributed by atoms with Gasteiger partial charge in [0.25, 0.3) is 5.91 Å².